The summed E-state index contributed by atoms with van der Waals surface area (Å²) in [5.41, 5.74) is 0.191. The molecule has 1 aliphatic heterocycles. The molecule has 4 rings (SSSR count). The zero-order valence-electron chi connectivity index (χ0n) is 15.7. The minimum atomic E-state index is -0.915. The first-order valence-electron chi connectivity index (χ1n) is 9.13. The number of hydrogen-bond donors (Lipinski definition) is 4. The Bertz CT molecular complexity index is 969. The van der Waals surface area contributed by atoms with E-state index in [1.165, 1.54) is 0 Å². The van der Waals surface area contributed by atoms with E-state index in [4.69, 9.17) is 9.47 Å². The minimum absolute atomic E-state index is 0.151. The van der Waals surface area contributed by atoms with Crippen molar-refractivity contribution in [3.63, 3.8) is 0 Å². The number of carbonyl (C=O) groups excluding carboxylic acids is 3. The van der Waals surface area contributed by atoms with Crippen LogP contribution in [0.4, 0.5) is 4.79 Å². The zero-order valence-corrected chi connectivity index (χ0v) is 15.7. The van der Waals surface area contributed by atoms with Crippen molar-refractivity contribution < 1.29 is 23.9 Å². The van der Waals surface area contributed by atoms with Gasteiger partial charge in [-0.05, 0) is 18.9 Å². The molecule has 0 bridgehead atoms. The summed E-state index contributed by atoms with van der Waals surface area (Å²) in [7, 11) is 3.12. The molecule has 9 heteroatoms. The Morgan fingerprint density at radius 2 is 2.07 bits per heavy atom. The first-order valence-corrected chi connectivity index (χ1v) is 9.13. The molecular formula is C19H22N4O5. The molecule has 1 aliphatic carbocycles. The maximum absolute atomic E-state index is 12.7. The van der Waals surface area contributed by atoms with Gasteiger partial charge in [0.1, 0.15) is 22.7 Å². The number of fused-ring (bicyclic) bond motifs is 1. The molecule has 148 valence electrons. The van der Waals surface area contributed by atoms with Gasteiger partial charge in [-0.15, -0.1) is 0 Å². The van der Waals surface area contributed by atoms with Crippen LogP contribution < -0.4 is 25.4 Å². The highest BCUT2D eigenvalue weighted by Crippen LogP contribution is 2.37. The fourth-order valence-electron chi connectivity index (χ4n) is 4.22. The summed E-state index contributed by atoms with van der Waals surface area (Å²) in [6.07, 6.45) is 2.15. The summed E-state index contributed by atoms with van der Waals surface area (Å²) < 4.78 is 10.6. The maximum atomic E-state index is 12.7. The van der Waals surface area contributed by atoms with Crippen LogP contribution in [0.1, 0.15) is 29.8 Å². The molecule has 28 heavy (non-hydrogen) atoms. The van der Waals surface area contributed by atoms with Crippen LogP contribution in [-0.2, 0) is 4.79 Å². The average molecular weight is 386 g/mol. The van der Waals surface area contributed by atoms with E-state index in [-0.39, 0.29) is 17.7 Å². The van der Waals surface area contributed by atoms with Crippen molar-refractivity contribution in [2.24, 2.45) is 5.92 Å². The topological polar surface area (TPSA) is 122 Å². The molecule has 4 N–H and O–H groups in total. The number of aromatic amines is 1. The largest absolute Gasteiger partial charge is 0.497 e. The molecule has 0 radical (unpaired) electrons. The van der Waals surface area contributed by atoms with E-state index in [1.807, 2.05) is 0 Å². The first kappa shape index (κ1) is 18.1. The van der Waals surface area contributed by atoms with Gasteiger partial charge >= 0.3 is 6.03 Å². The Morgan fingerprint density at radius 1 is 1.25 bits per heavy atom. The number of imide groups is 1. The number of hydrogen-bond acceptors (Lipinski definition) is 5. The molecule has 2 fully saturated rings. The van der Waals surface area contributed by atoms with Crippen LogP contribution in [0.25, 0.3) is 10.9 Å². The summed E-state index contributed by atoms with van der Waals surface area (Å²) in [4.78, 5) is 39.6. The van der Waals surface area contributed by atoms with E-state index < -0.39 is 11.6 Å². The summed E-state index contributed by atoms with van der Waals surface area (Å²) in [5.74, 6) is 0.474. The van der Waals surface area contributed by atoms with Gasteiger partial charge in [0.15, 0.2) is 0 Å². The van der Waals surface area contributed by atoms with Crippen molar-refractivity contribution >= 4 is 28.7 Å². The van der Waals surface area contributed by atoms with Crippen LogP contribution >= 0.6 is 0 Å². The number of methoxy groups -OCH3 is 2. The van der Waals surface area contributed by atoms with Crippen LogP contribution in [0.2, 0.25) is 0 Å². The molecule has 2 aromatic rings. The molecule has 1 aromatic carbocycles. The molecule has 2 unspecified atom stereocenters. The van der Waals surface area contributed by atoms with Gasteiger partial charge < -0.3 is 25.1 Å². The van der Waals surface area contributed by atoms with E-state index in [9.17, 15) is 14.4 Å². The third-order valence-electron chi connectivity index (χ3n) is 5.67. The quantitative estimate of drug-likeness (QED) is 0.577. The number of benzene rings is 1. The molecule has 1 aromatic heterocycles. The highest BCUT2D eigenvalue weighted by atomic mass is 16.5. The van der Waals surface area contributed by atoms with E-state index >= 15 is 0 Å². The van der Waals surface area contributed by atoms with Gasteiger partial charge in [-0.3, -0.25) is 14.9 Å². The monoisotopic (exact) mass is 386 g/mol. The normalized spacial score (nSPS) is 23.7. The number of H-pyrrole nitrogens is 1. The van der Waals surface area contributed by atoms with E-state index in [1.54, 1.807) is 32.4 Å². The first-order chi connectivity index (χ1) is 13.5. The van der Waals surface area contributed by atoms with Crippen LogP contribution in [-0.4, -0.2) is 49.1 Å². The van der Waals surface area contributed by atoms with Crippen LogP contribution in [0.15, 0.2) is 18.2 Å². The van der Waals surface area contributed by atoms with Gasteiger partial charge in [0.05, 0.1) is 19.7 Å². The number of carbonyl (C=O) groups is 3. The molecule has 1 spiro atoms. The Balaban J connectivity index is 1.51. The molecular weight excluding hydrogens is 364 g/mol. The number of ether oxygens (including phenoxy) is 2. The molecule has 1 saturated carbocycles. The van der Waals surface area contributed by atoms with Crippen LogP contribution in [0.3, 0.4) is 0 Å². The highest BCUT2D eigenvalue weighted by molar-refractivity contribution is 6.07. The summed E-state index contributed by atoms with van der Waals surface area (Å²) in [5, 5.41) is 8.71. The van der Waals surface area contributed by atoms with Gasteiger partial charge in [0.25, 0.3) is 11.8 Å². The van der Waals surface area contributed by atoms with Gasteiger partial charge in [-0.1, -0.05) is 6.42 Å². The summed E-state index contributed by atoms with van der Waals surface area (Å²) >= 11 is 0. The van der Waals surface area contributed by atoms with E-state index in [2.05, 4.69) is 20.9 Å². The Labute approximate surface area is 161 Å². The molecule has 9 nitrogen and oxygen atoms in total. The summed E-state index contributed by atoms with van der Waals surface area (Å²) in [6, 6.07) is 4.79. The van der Waals surface area contributed by atoms with Crippen LogP contribution in [0.5, 0.6) is 11.5 Å². The SMILES string of the molecule is COc1cc(OC)c2cc(C(=O)NCC3CCCC34NC(=O)NC4=O)[nH]c2c1. The Hall–Kier alpha value is -3.23. The van der Waals surface area contributed by atoms with Crippen molar-refractivity contribution in [1.82, 2.24) is 20.9 Å². The predicted molar refractivity (Wildman–Crippen MR) is 100 cm³/mol. The van der Waals surface area contributed by atoms with Gasteiger partial charge in [0, 0.05) is 30.0 Å². The molecule has 2 aliphatic rings. The lowest BCUT2D eigenvalue weighted by atomic mass is 9.87. The van der Waals surface area contributed by atoms with Crippen molar-refractivity contribution in [3.05, 3.63) is 23.9 Å². The Kier molecular flexibility index (Phi) is 4.37. The predicted octanol–water partition coefficient (Wildman–Crippen LogP) is 1.29. The second-order valence-electron chi connectivity index (χ2n) is 7.15. The summed E-state index contributed by atoms with van der Waals surface area (Å²) in [6.45, 7) is 0.294. The zero-order chi connectivity index (χ0) is 19.9. The maximum Gasteiger partial charge on any atom is 0.322 e. The Morgan fingerprint density at radius 3 is 2.75 bits per heavy atom. The second-order valence-corrected chi connectivity index (χ2v) is 7.15. The molecule has 1 saturated heterocycles. The fourth-order valence-corrected chi connectivity index (χ4v) is 4.22. The van der Waals surface area contributed by atoms with Crippen molar-refractivity contribution in [3.8, 4) is 11.5 Å². The van der Waals surface area contributed by atoms with Gasteiger partial charge in [0.2, 0.25) is 0 Å². The van der Waals surface area contributed by atoms with Crippen molar-refractivity contribution in [2.45, 2.75) is 24.8 Å². The fraction of sp³-hybridized carbons (Fsp3) is 0.421. The van der Waals surface area contributed by atoms with Gasteiger partial charge in [-0.2, -0.15) is 0 Å². The number of nitrogens with one attached hydrogen (secondary N) is 4. The second kappa shape index (κ2) is 6.74. The lowest BCUT2D eigenvalue weighted by Gasteiger charge is -2.28. The van der Waals surface area contributed by atoms with E-state index in [0.29, 0.717) is 30.2 Å². The average Bonchev–Trinajstić information content (AvgIpc) is 3.36. The molecule has 2 heterocycles. The highest BCUT2D eigenvalue weighted by Gasteiger charge is 2.54. The minimum Gasteiger partial charge on any atom is -0.497 e. The molecule has 2 atom stereocenters. The number of rotatable bonds is 5. The smallest absolute Gasteiger partial charge is 0.322 e. The number of aromatic nitrogens is 1. The lowest BCUT2D eigenvalue weighted by molar-refractivity contribution is -0.125. The lowest BCUT2D eigenvalue weighted by Crippen LogP contribution is -2.53. The van der Waals surface area contributed by atoms with E-state index in [0.717, 1.165) is 23.7 Å². The standard InChI is InChI=1S/C19H22N4O5/c1-27-11-6-13-12(15(7-11)28-2)8-14(21-13)16(24)20-9-10-4-3-5-19(10)17(25)22-18(26)23-19/h6-8,10,21H,3-5,9H2,1-2H3,(H,20,24)(H2,22,23,25,26). The number of amides is 4. The van der Waals surface area contributed by atoms with Gasteiger partial charge in [-0.25, -0.2) is 4.79 Å². The molecule has 4 amide bonds. The van der Waals surface area contributed by atoms with Crippen molar-refractivity contribution in [1.29, 1.82) is 0 Å². The third-order valence-corrected chi connectivity index (χ3v) is 5.67. The third kappa shape index (κ3) is 2.83. The van der Waals surface area contributed by atoms with Crippen molar-refractivity contribution in [2.75, 3.05) is 20.8 Å². The van der Waals surface area contributed by atoms with Crippen LogP contribution in [0, 0.1) is 5.92 Å². The number of urea groups is 1.